The summed E-state index contributed by atoms with van der Waals surface area (Å²) in [6, 6.07) is 8.75. The van der Waals surface area contributed by atoms with Gasteiger partial charge in [-0.2, -0.15) is 0 Å². The monoisotopic (exact) mass is 468 g/mol. The Hall–Kier alpha value is -3.92. The highest BCUT2D eigenvalue weighted by Crippen LogP contribution is 2.18. The molecule has 0 fully saturated rings. The Balaban J connectivity index is 1.63. The van der Waals surface area contributed by atoms with Gasteiger partial charge in [0.2, 0.25) is 0 Å². The second-order valence-corrected chi connectivity index (χ2v) is 8.25. The van der Waals surface area contributed by atoms with Crippen LogP contribution in [0.2, 0.25) is 0 Å². The molecule has 34 heavy (non-hydrogen) atoms. The summed E-state index contributed by atoms with van der Waals surface area (Å²) in [7, 11) is 7.33. The van der Waals surface area contributed by atoms with Crippen LogP contribution in [0.15, 0.2) is 48.8 Å². The van der Waals surface area contributed by atoms with Gasteiger partial charge in [-0.15, -0.1) is 0 Å². The molecule has 0 radical (unpaired) electrons. The lowest BCUT2D eigenvalue weighted by atomic mass is 10.2. The molecule has 0 aliphatic heterocycles. The Labute approximate surface area is 197 Å². The van der Waals surface area contributed by atoms with Crippen molar-refractivity contribution in [1.82, 2.24) is 19.4 Å². The predicted molar refractivity (Wildman–Crippen MR) is 129 cm³/mol. The van der Waals surface area contributed by atoms with Crippen LogP contribution < -0.4 is 16.0 Å². The van der Waals surface area contributed by atoms with E-state index in [1.807, 2.05) is 19.0 Å². The van der Waals surface area contributed by atoms with E-state index in [0.29, 0.717) is 23.6 Å². The third kappa shape index (κ3) is 6.10. The molecular formula is C24H29FN6O3. The fourth-order valence-corrected chi connectivity index (χ4v) is 3.44. The fourth-order valence-electron chi connectivity index (χ4n) is 3.44. The van der Waals surface area contributed by atoms with Gasteiger partial charge in [0, 0.05) is 33.0 Å². The number of carbonyl (C=O) groups excluding carboxylic acids is 3. The van der Waals surface area contributed by atoms with Gasteiger partial charge in [-0.3, -0.25) is 14.4 Å². The Morgan fingerprint density at radius 1 is 0.882 bits per heavy atom. The molecule has 0 saturated carbocycles. The van der Waals surface area contributed by atoms with Crippen LogP contribution in [0.4, 0.5) is 15.8 Å². The van der Waals surface area contributed by atoms with E-state index in [0.717, 1.165) is 13.0 Å². The summed E-state index contributed by atoms with van der Waals surface area (Å²) in [5, 5.41) is 8.23. The highest BCUT2D eigenvalue weighted by Gasteiger charge is 2.18. The van der Waals surface area contributed by atoms with E-state index in [2.05, 4.69) is 16.0 Å². The lowest BCUT2D eigenvalue weighted by molar-refractivity contribution is 0.0942. The first-order chi connectivity index (χ1) is 16.2. The molecule has 0 atom stereocenters. The van der Waals surface area contributed by atoms with E-state index in [1.165, 1.54) is 24.3 Å². The average Bonchev–Trinajstić information content (AvgIpc) is 3.32. The third-order valence-corrected chi connectivity index (χ3v) is 5.18. The Bertz CT molecular complexity index is 1200. The van der Waals surface area contributed by atoms with Gasteiger partial charge in [0.1, 0.15) is 17.2 Å². The van der Waals surface area contributed by atoms with Crippen LogP contribution in [0.5, 0.6) is 0 Å². The first-order valence-corrected chi connectivity index (χ1v) is 10.8. The second-order valence-electron chi connectivity index (χ2n) is 8.25. The van der Waals surface area contributed by atoms with Crippen LogP contribution >= 0.6 is 0 Å². The second kappa shape index (κ2) is 10.8. The molecule has 0 aliphatic carbocycles. The predicted octanol–water partition coefficient (Wildman–Crippen LogP) is 2.69. The van der Waals surface area contributed by atoms with E-state index in [1.54, 1.807) is 47.8 Å². The number of benzene rings is 1. The molecule has 3 aromatic rings. The highest BCUT2D eigenvalue weighted by molar-refractivity contribution is 6.07. The van der Waals surface area contributed by atoms with Gasteiger partial charge >= 0.3 is 0 Å². The first kappa shape index (κ1) is 24.7. The third-order valence-electron chi connectivity index (χ3n) is 5.18. The lowest BCUT2D eigenvalue weighted by Gasteiger charge is -2.10. The molecule has 3 amide bonds. The van der Waals surface area contributed by atoms with E-state index in [-0.39, 0.29) is 17.2 Å². The number of nitrogens with zero attached hydrogens (tertiary/aromatic N) is 3. The zero-order chi connectivity index (χ0) is 24.8. The van der Waals surface area contributed by atoms with Gasteiger partial charge in [0.15, 0.2) is 0 Å². The number of carbonyl (C=O) groups is 3. The molecule has 10 heteroatoms. The minimum atomic E-state index is -0.629. The van der Waals surface area contributed by atoms with Crippen LogP contribution in [0.25, 0.3) is 0 Å². The van der Waals surface area contributed by atoms with Crippen molar-refractivity contribution in [3.8, 4) is 0 Å². The minimum Gasteiger partial charge on any atom is -0.351 e. The summed E-state index contributed by atoms with van der Waals surface area (Å²) in [5.74, 6) is -1.88. The topological polar surface area (TPSA) is 100 Å². The maximum absolute atomic E-state index is 13.8. The van der Waals surface area contributed by atoms with E-state index < -0.39 is 17.6 Å². The van der Waals surface area contributed by atoms with Crippen LogP contribution in [-0.4, -0.2) is 58.9 Å². The van der Waals surface area contributed by atoms with Crippen LogP contribution in [0, 0.1) is 5.82 Å². The van der Waals surface area contributed by atoms with Gasteiger partial charge in [-0.1, -0.05) is 12.1 Å². The molecule has 2 aromatic heterocycles. The average molecular weight is 469 g/mol. The van der Waals surface area contributed by atoms with E-state index in [9.17, 15) is 18.8 Å². The molecule has 3 rings (SSSR count). The Morgan fingerprint density at radius 3 is 2.03 bits per heavy atom. The fraction of sp³-hybridized carbons (Fsp3) is 0.292. The zero-order valence-corrected chi connectivity index (χ0v) is 19.7. The number of aromatic nitrogens is 2. The number of hydrogen-bond acceptors (Lipinski definition) is 4. The van der Waals surface area contributed by atoms with Gasteiger partial charge in [0.05, 0.1) is 16.9 Å². The van der Waals surface area contributed by atoms with E-state index >= 15 is 0 Å². The van der Waals surface area contributed by atoms with Crippen molar-refractivity contribution in [2.75, 3.05) is 37.8 Å². The Kier molecular flexibility index (Phi) is 7.85. The zero-order valence-electron chi connectivity index (χ0n) is 19.7. The summed E-state index contributed by atoms with van der Waals surface area (Å²) in [6.45, 7) is 1.42. The number of anilines is 2. The first-order valence-electron chi connectivity index (χ1n) is 10.8. The molecule has 2 heterocycles. The molecule has 3 N–H and O–H groups in total. The number of rotatable bonds is 9. The molecule has 180 valence electrons. The number of aryl methyl sites for hydroxylation is 2. The number of amides is 3. The minimum absolute atomic E-state index is 0.0887. The summed E-state index contributed by atoms with van der Waals surface area (Å²) in [5.41, 5.74) is 1.43. The number of hydrogen-bond donors (Lipinski definition) is 3. The van der Waals surface area contributed by atoms with Crippen LogP contribution in [0.3, 0.4) is 0 Å². The summed E-state index contributed by atoms with van der Waals surface area (Å²) < 4.78 is 17.0. The van der Waals surface area contributed by atoms with Crippen molar-refractivity contribution in [2.45, 2.75) is 6.42 Å². The molecular weight excluding hydrogens is 439 g/mol. The summed E-state index contributed by atoms with van der Waals surface area (Å²) in [4.78, 5) is 39.6. The molecule has 0 spiro atoms. The quantitative estimate of drug-likeness (QED) is 0.421. The van der Waals surface area contributed by atoms with Gasteiger partial charge in [-0.05, 0) is 51.3 Å². The number of halogens is 1. The summed E-state index contributed by atoms with van der Waals surface area (Å²) in [6.07, 6.45) is 4.04. The van der Waals surface area contributed by atoms with E-state index in [4.69, 9.17) is 0 Å². The molecule has 0 saturated heterocycles. The molecule has 0 aliphatic rings. The van der Waals surface area contributed by atoms with Crippen LogP contribution in [0.1, 0.15) is 37.8 Å². The molecule has 0 unspecified atom stereocenters. The normalized spacial score (nSPS) is 10.9. The molecule has 9 nitrogen and oxygen atoms in total. The largest absolute Gasteiger partial charge is 0.351 e. The molecule has 0 bridgehead atoms. The van der Waals surface area contributed by atoms with Crippen molar-refractivity contribution in [3.05, 3.63) is 71.6 Å². The van der Waals surface area contributed by atoms with Crippen molar-refractivity contribution >= 4 is 29.1 Å². The van der Waals surface area contributed by atoms with Crippen molar-refractivity contribution in [1.29, 1.82) is 0 Å². The smallest absolute Gasteiger partial charge is 0.272 e. The van der Waals surface area contributed by atoms with Crippen LogP contribution in [-0.2, 0) is 14.1 Å². The van der Waals surface area contributed by atoms with Crippen molar-refractivity contribution < 1.29 is 18.8 Å². The number of nitrogens with one attached hydrogen (secondary N) is 3. The van der Waals surface area contributed by atoms with Gasteiger partial charge < -0.3 is 30.0 Å². The maximum atomic E-state index is 13.8. The van der Waals surface area contributed by atoms with Crippen molar-refractivity contribution in [3.63, 3.8) is 0 Å². The highest BCUT2D eigenvalue weighted by atomic mass is 19.1. The molecule has 1 aromatic carbocycles. The van der Waals surface area contributed by atoms with Gasteiger partial charge in [0.25, 0.3) is 17.7 Å². The SMILES string of the molecule is CN(C)CCCNC(=O)c1cc(NC(=O)c2cc(NC(=O)c3ccccc3F)cn2C)cn1C. The van der Waals surface area contributed by atoms with Crippen molar-refractivity contribution in [2.24, 2.45) is 14.1 Å². The maximum Gasteiger partial charge on any atom is 0.272 e. The lowest BCUT2D eigenvalue weighted by Crippen LogP contribution is -2.28. The van der Waals surface area contributed by atoms with Gasteiger partial charge in [-0.25, -0.2) is 4.39 Å². The Morgan fingerprint density at radius 2 is 1.44 bits per heavy atom. The summed E-state index contributed by atoms with van der Waals surface area (Å²) >= 11 is 0. The standard InChI is InChI=1S/C24H29FN6O3/c1-29(2)11-7-10-26-23(33)20-12-17(15-30(20)3)28-24(34)21-13-16(14-31(21)4)27-22(32)18-8-5-6-9-19(18)25/h5-6,8-9,12-15H,7,10-11H2,1-4H3,(H,26,33)(H,27,32)(H,28,34).